The van der Waals surface area contributed by atoms with Gasteiger partial charge in [-0.05, 0) is 73.4 Å². The van der Waals surface area contributed by atoms with Crippen molar-refractivity contribution in [2.45, 2.75) is 83.5 Å². The van der Waals surface area contributed by atoms with Crippen LogP contribution in [0.25, 0.3) is 0 Å². The molecule has 0 amide bonds. The summed E-state index contributed by atoms with van der Waals surface area (Å²) in [5.74, 6) is 5.85. The third kappa shape index (κ3) is 6.98. The Hall–Kier alpha value is -2.14. The van der Waals surface area contributed by atoms with Gasteiger partial charge >= 0.3 is 0 Å². The van der Waals surface area contributed by atoms with Crippen LogP contribution in [0.1, 0.15) is 100 Å². The number of hydrogen-bond donors (Lipinski definition) is 0. The van der Waals surface area contributed by atoms with Crippen molar-refractivity contribution in [1.82, 2.24) is 0 Å². The summed E-state index contributed by atoms with van der Waals surface area (Å²) >= 11 is 0. The predicted octanol–water partition coefficient (Wildman–Crippen LogP) is 8.39. The van der Waals surface area contributed by atoms with E-state index in [-0.39, 0.29) is 0 Å². The SMILES string of the molecule is CCCCCCCCC1CCC(c2ccc(C#Cc3ccc(F)c(F)c3)cc2)CC1. The van der Waals surface area contributed by atoms with Crippen molar-refractivity contribution >= 4 is 0 Å². The summed E-state index contributed by atoms with van der Waals surface area (Å²) in [6.07, 6.45) is 15.1. The molecule has 0 atom stereocenters. The molecule has 0 bridgehead atoms. The van der Waals surface area contributed by atoms with E-state index in [2.05, 4.69) is 30.9 Å². The largest absolute Gasteiger partial charge is 0.204 e. The zero-order valence-corrected chi connectivity index (χ0v) is 18.2. The van der Waals surface area contributed by atoms with Gasteiger partial charge in [0.1, 0.15) is 0 Å². The molecule has 0 aliphatic heterocycles. The molecule has 3 rings (SSSR count). The van der Waals surface area contributed by atoms with Crippen LogP contribution in [0, 0.1) is 29.4 Å². The number of hydrogen-bond acceptors (Lipinski definition) is 0. The molecule has 0 radical (unpaired) electrons. The van der Waals surface area contributed by atoms with Gasteiger partial charge in [-0.15, -0.1) is 0 Å². The minimum absolute atomic E-state index is 0.488. The quantitative estimate of drug-likeness (QED) is 0.304. The maximum Gasteiger partial charge on any atom is 0.160 e. The summed E-state index contributed by atoms with van der Waals surface area (Å²) in [4.78, 5) is 0. The highest BCUT2D eigenvalue weighted by Gasteiger charge is 2.21. The standard InChI is InChI=1S/C28H34F2/c1-2-3-4-5-6-7-8-22-11-16-25(17-12-22)26-18-13-23(14-19-26)9-10-24-15-20-27(29)28(30)21-24/h13-15,18-22,25H,2-8,11-12,16-17H2,1H3. The maximum atomic E-state index is 13.3. The van der Waals surface area contributed by atoms with Gasteiger partial charge in [0.2, 0.25) is 0 Å². The highest BCUT2D eigenvalue weighted by Crippen LogP contribution is 2.37. The van der Waals surface area contributed by atoms with E-state index in [1.807, 2.05) is 12.1 Å². The fraction of sp³-hybridized carbons (Fsp3) is 0.500. The average Bonchev–Trinajstić information content (AvgIpc) is 2.78. The Morgan fingerprint density at radius 1 is 0.733 bits per heavy atom. The minimum atomic E-state index is -0.857. The number of benzene rings is 2. The second-order valence-electron chi connectivity index (χ2n) is 8.77. The molecule has 1 aliphatic rings. The highest BCUT2D eigenvalue weighted by atomic mass is 19.2. The molecular formula is C28H34F2. The fourth-order valence-electron chi connectivity index (χ4n) is 4.55. The molecule has 0 heterocycles. The van der Waals surface area contributed by atoms with Crippen molar-refractivity contribution in [3.05, 3.63) is 70.8 Å². The molecule has 2 heteroatoms. The Bertz CT molecular complexity index is 833. The van der Waals surface area contributed by atoms with Crippen molar-refractivity contribution in [3.63, 3.8) is 0 Å². The van der Waals surface area contributed by atoms with E-state index in [1.54, 1.807) is 0 Å². The number of halogens is 2. The summed E-state index contributed by atoms with van der Waals surface area (Å²) in [5, 5.41) is 0. The van der Waals surface area contributed by atoms with Crippen molar-refractivity contribution in [1.29, 1.82) is 0 Å². The molecular weight excluding hydrogens is 374 g/mol. The summed E-state index contributed by atoms with van der Waals surface area (Å²) in [6, 6.07) is 12.2. The van der Waals surface area contributed by atoms with E-state index < -0.39 is 11.6 Å². The van der Waals surface area contributed by atoms with Crippen molar-refractivity contribution in [2.24, 2.45) is 5.92 Å². The van der Waals surface area contributed by atoms with Gasteiger partial charge in [0, 0.05) is 11.1 Å². The van der Waals surface area contributed by atoms with Crippen LogP contribution in [0.4, 0.5) is 8.78 Å². The van der Waals surface area contributed by atoms with E-state index in [0.29, 0.717) is 11.5 Å². The lowest BCUT2D eigenvalue weighted by Gasteiger charge is -2.29. The lowest BCUT2D eigenvalue weighted by atomic mass is 9.77. The first-order chi connectivity index (χ1) is 14.7. The second kappa shape index (κ2) is 11.9. The minimum Gasteiger partial charge on any atom is -0.204 e. The molecule has 30 heavy (non-hydrogen) atoms. The molecule has 0 unspecified atom stereocenters. The van der Waals surface area contributed by atoms with Crippen LogP contribution in [-0.4, -0.2) is 0 Å². The van der Waals surface area contributed by atoms with E-state index in [0.717, 1.165) is 23.6 Å². The van der Waals surface area contributed by atoms with Gasteiger partial charge in [0.05, 0.1) is 0 Å². The van der Waals surface area contributed by atoms with E-state index >= 15 is 0 Å². The van der Waals surface area contributed by atoms with Crippen LogP contribution >= 0.6 is 0 Å². The average molecular weight is 409 g/mol. The Morgan fingerprint density at radius 2 is 1.37 bits per heavy atom. The summed E-state index contributed by atoms with van der Waals surface area (Å²) in [6.45, 7) is 2.27. The molecule has 0 saturated heterocycles. The Balaban J connectivity index is 1.44. The molecule has 2 aromatic rings. The lowest BCUT2D eigenvalue weighted by Crippen LogP contribution is -2.13. The molecule has 2 aromatic carbocycles. The number of rotatable bonds is 8. The molecule has 0 spiro atoms. The van der Waals surface area contributed by atoms with Gasteiger partial charge in [-0.1, -0.05) is 75.8 Å². The van der Waals surface area contributed by atoms with Gasteiger partial charge in [-0.3, -0.25) is 0 Å². The van der Waals surface area contributed by atoms with Gasteiger partial charge in [-0.25, -0.2) is 8.78 Å². The normalized spacial score (nSPS) is 18.6. The first-order valence-electron chi connectivity index (χ1n) is 11.7. The van der Waals surface area contributed by atoms with Crippen LogP contribution in [0.3, 0.4) is 0 Å². The van der Waals surface area contributed by atoms with Crippen LogP contribution < -0.4 is 0 Å². The molecule has 1 fully saturated rings. The Labute approximate surface area is 181 Å². The molecule has 1 aliphatic carbocycles. The van der Waals surface area contributed by atoms with Gasteiger partial charge in [0.25, 0.3) is 0 Å². The first-order valence-corrected chi connectivity index (χ1v) is 11.7. The van der Waals surface area contributed by atoms with Crippen LogP contribution in [-0.2, 0) is 0 Å². The lowest BCUT2D eigenvalue weighted by molar-refractivity contribution is 0.302. The van der Waals surface area contributed by atoms with Crippen LogP contribution in [0.15, 0.2) is 42.5 Å². The summed E-state index contributed by atoms with van der Waals surface area (Å²) in [7, 11) is 0. The highest BCUT2D eigenvalue weighted by molar-refractivity contribution is 5.44. The Kier molecular flexibility index (Phi) is 8.94. The summed E-state index contributed by atoms with van der Waals surface area (Å²) < 4.78 is 26.3. The smallest absolute Gasteiger partial charge is 0.160 e. The van der Waals surface area contributed by atoms with Crippen molar-refractivity contribution in [3.8, 4) is 11.8 Å². The van der Waals surface area contributed by atoms with Crippen molar-refractivity contribution < 1.29 is 8.78 Å². The second-order valence-corrected chi connectivity index (χ2v) is 8.77. The van der Waals surface area contributed by atoms with Crippen LogP contribution in [0.2, 0.25) is 0 Å². The zero-order chi connectivity index (χ0) is 21.2. The van der Waals surface area contributed by atoms with Crippen molar-refractivity contribution in [2.75, 3.05) is 0 Å². The zero-order valence-electron chi connectivity index (χ0n) is 18.2. The van der Waals surface area contributed by atoms with Gasteiger partial charge in [0.15, 0.2) is 11.6 Å². The molecule has 160 valence electrons. The third-order valence-corrected chi connectivity index (χ3v) is 6.47. The van der Waals surface area contributed by atoms with Crippen LogP contribution in [0.5, 0.6) is 0 Å². The predicted molar refractivity (Wildman–Crippen MR) is 121 cm³/mol. The maximum absolute atomic E-state index is 13.3. The van der Waals surface area contributed by atoms with E-state index in [9.17, 15) is 8.78 Å². The number of unbranched alkanes of at least 4 members (excludes halogenated alkanes) is 5. The molecule has 0 N–H and O–H groups in total. The van der Waals surface area contributed by atoms with E-state index in [1.165, 1.54) is 82.3 Å². The fourth-order valence-corrected chi connectivity index (χ4v) is 4.55. The topological polar surface area (TPSA) is 0 Å². The third-order valence-electron chi connectivity index (χ3n) is 6.47. The molecule has 0 nitrogen and oxygen atoms in total. The van der Waals surface area contributed by atoms with Gasteiger partial charge < -0.3 is 0 Å². The monoisotopic (exact) mass is 408 g/mol. The molecule has 0 aromatic heterocycles. The van der Waals surface area contributed by atoms with E-state index in [4.69, 9.17) is 0 Å². The Morgan fingerprint density at radius 3 is 2.07 bits per heavy atom. The first kappa shape index (κ1) is 22.5. The molecule has 1 saturated carbocycles. The summed E-state index contributed by atoms with van der Waals surface area (Å²) in [5.41, 5.74) is 2.80. The van der Waals surface area contributed by atoms with Gasteiger partial charge in [-0.2, -0.15) is 0 Å².